The van der Waals surface area contributed by atoms with Gasteiger partial charge in [0.15, 0.2) is 6.10 Å². The van der Waals surface area contributed by atoms with Gasteiger partial charge in [0.05, 0.1) is 6.04 Å². The summed E-state index contributed by atoms with van der Waals surface area (Å²) in [5.74, 6) is -0.279. The Balaban J connectivity index is 2.24. The third kappa shape index (κ3) is 2.99. The number of hydrogen-bond donors (Lipinski definition) is 1. The molecule has 1 aromatic rings. The smallest absolute Gasteiger partial charge is 0.251 e. The Morgan fingerprint density at radius 1 is 1.40 bits per heavy atom. The lowest BCUT2D eigenvalue weighted by atomic mass is 9.97. The van der Waals surface area contributed by atoms with Gasteiger partial charge < -0.3 is 15.0 Å². The Labute approximate surface area is 118 Å². The molecule has 0 spiro atoms. The first kappa shape index (κ1) is 14.5. The Kier molecular flexibility index (Phi) is 4.74. The average Bonchev–Trinajstić information content (AvgIpc) is 2.48. The van der Waals surface area contributed by atoms with Gasteiger partial charge in [-0.3, -0.25) is 9.59 Å². The highest BCUT2D eigenvalue weighted by molar-refractivity contribution is 5.86. The number of carbonyl (C=O) groups is 2. The number of hydrogen-bond acceptors (Lipinski definition) is 3. The van der Waals surface area contributed by atoms with E-state index < -0.39 is 6.10 Å². The number of ether oxygens (including phenoxy) is 1. The summed E-state index contributed by atoms with van der Waals surface area (Å²) in [6.45, 7) is 2.55. The molecule has 2 atom stereocenters. The highest BCUT2D eigenvalue weighted by Crippen LogP contribution is 2.28. The maximum Gasteiger partial charge on any atom is 0.251 e. The Hall–Kier alpha value is -1.88. The van der Waals surface area contributed by atoms with Gasteiger partial charge >= 0.3 is 0 Å². The van der Waals surface area contributed by atoms with Gasteiger partial charge in [0, 0.05) is 13.6 Å². The first-order valence-corrected chi connectivity index (χ1v) is 6.85. The fourth-order valence-corrected chi connectivity index (χ4v) is 2.33. The van der Waals surface area contributed by atoms with E-state index in [1.165, 1.54) is 0 Å². The number of nitrogens with zero attached hydrogens (tertiary/aromatic N) is 1. The standard InChI is InChI=1S/C15H20N2O3/c1-3-9-16-15(19)14-13(11-7-5-4-6-8-11)17(2)12(18)10-20-14/h4-8,13-14H,3,9-10H2,1-2H3,(H,16,19)/t13-,14+/m0/s1. The lowest BCUT2D eigenvalue weighted by molar-refractivity contribution is -0.162. The molecule has 0 radical (unpaired) electrons. The third-order valence-electron chi connectivity index (χ3n) is 3.43. The number of rotatable bonds is 4. The number of carbonyl (C=O) groups excluding carboxylic acids is 2. The van der Waals surface area contributed by atoms with E-state index in [1.54, 1.807) is 11.9 Å². The molecule has 1 N–H and O–H groups in total. The van der Waals surface area contributed by atoms with E-state index in [0.29, 0.717) is 6.54 Å². The van der Waals surface area contributed by atoms with E-state index >= 15 is 0 Å². The van der Waals surface area contributed by atoms with Crippen LogP contribution in [0.5, 0.6) is 0 Å². The molecule has 5 heteroatoms. The molecule has 0 bridgehead atoms. The minimum atomic E-state index is -0.661. The highest BCUT2D eigenvalue weighted by atomic mass is 16.5. The molecule has 1 aliphatic heterocycles. The predicted octanol–water partition coefficient (Wildman–Crippen LogP) is 1.11. The largest absolute Gasteiger partial charge is 0.356 e. The van der Waals surface area contributed by atoms with Gasteiger partial charge in [-0.05, 0) is 12.0 Å². The number of benzene rings is 1. The molecule has 0 aliphatic carbocycles. The van der Waals surface area contributed by atoms with Crippen molar-refractivity contribution in [2.24, 2.45) is 0 Å². The van der Waals surface area contributed by atoms with Crippen molar-refractivity contribution in [2.45, 2.75) is 25.5 Å². The monoisotopic (exact) mass is 276 g/mol. The van der Waals surface area contributed by atoms with Crippen molar-refractivity contribution in [3.05, 3.63) is 35.9 Å². The van der Waals surface area contributed by atoms with Crippen LogP contribution in [0.4, 0.5) is 0 Å². The zero-order valence-corrected chi connectivity index (χ0v) is 11.8. The molecule has 1 heterocycles. The first-order valence-electron chi connectivity index (χ1n) is 6.85. The summed E-state index contributed by atoms with van der Waals surface area (Å²) in [4.78, 5) is 25.6. The molecular weight excluding hydrogens is 256 g/mol. The molecule has 1 fully saturated rings. The second kappa shape index (κ2) is 6.52. The zero-order chi connectivity index (χ0) is 14.5. The van der Waals surface area contributed by atoms with Crippen molar-refractivity contribution in [3.8, 4) is 0 Å². The molecule has 2 amide bonds. The van der Waals surface area contributed by atoms with Crippen LogP contribution in [0.1, 0.15) is 24.9 Å². The molecule has 1 saturated heterocycles. The van der Waals surface area contributed by atoms with Gasteiger partial charge in [0.25, 0.3) is 5.91 Å². The lowest BCUT2D eigenvalue weighted by Crippen LogP contribution is -2.53. The van der Waals surface area contributed by atoms with Crippen LogP contribution < -0.4 is 5.32 Å². The van der Waals surface area contributed by atoms with E-state index in [-0.39, 0.29) is 24.5 Å². The summed E-state index contributed by atoms with van der Waals surface area (Å²) in [5.41, 5.74) is 0.902. The summed E-state index contributed by atoms with van der Waals surface area (Å²) in [5, 5.41) is 2.84. The normalized spacial score (nSPS) is 22.7. The van der Waals surface area contributed by atoms with Gasteiger partial charge in [0.2, 0.25) is 5.91 Å². The minimum Gasteiger partial charge on any atom is -0.356 e. The fraction of sp³-hybridized carbons (Fsp3) is 0.467. The number of amides is 2. The van der Waals surface area contributed by atoms with Crippen LogP contribution in [0.2, 0.25) is 0 Å². The Morgan fingerprint density at radius 3 is 2.75 bits per heavy atom. The molecule has 0 aromatic heterocycles. The maximum absolute atomic E-state index is 12.2. The summed E-state index contributed by atoms with van der Waals surface area (Å²) >= 11 is 0. The molecule has 20 heavy (non-hydrogen) atoms. The van der Waals surface area contributed by atoms with Gasteiger partial charge in [-0.1, -0.05) is 37.3 Å². The lowest BCUT2D eigenvalue weighted by Gasteiger charge is -2.38. The van der Waals surface area contributed by atoms with Crippen LogP contribution in [-0.4, -0.2) is 43.0 Å². The highest BCUT2D eigenvalue weighted by Gasteiger charge is 2.39. The van der Waals surface area contributed by atoms with Gasteiger partial charge in [0.1, 0.15) is 6.61 Å². The number of likely N-dealkylation sites (N-methyl/N-ethyl adjacent to an activating group) is 1. The molecule has 0 unspecified atom stereocenters. The van der Waals surface area contributed by atoms with E-state index in [4.69, 9.17) is 4.74 Å². The maximum atomic E-state index is 12.2. The Morgan fingerprint density at radius 2 is 2.10 bits per heavy atom. The van der Waals surface area contributed by atoms with Crippen LogP contribution in [0.3, 0.4) is 0 Å². The molecule has 2 rings (SSSR count). The summed E-state index contributed by atoms with van der Waals surface area (Å²) in [7, 11) is 1.71. The van der Waals surface area contributed by atoms with Gasteiger partial charge in [-0.25, -0.2) is 0 Å². The molecule has 5 nitrogen and oxygen atoms in total. The van der Waals surface area contributed by atoms with Crippen molar-refractivity contribution >= 4 is 11.8 Å². The van der Waals surface area contributed by atoms with Crippen molar-refractivity contribution in [1.29, 1.82) is 0 Å². The fourth-order valence-electron chi connectivity index (χ4n) is 2.33. The molecule has 108 valence electrons. The van der Waals surface area contributed by atoms with Crippen LogP contribution >= 0.6 is 0 Å². The van der Waals surface area contributed by atoms with E-state index in [9.17, 15) is 9.59 Å². The second-order valence-corrected chi connectivity index (χ2v) is 4.88. The second-order valence-electron chi connectivity index (χ2n) is 4.88. The van der Waals surface area contributed by atoms with Crippen LogP contribution in [0, 0.1) is 0 Å². The third-order valence-corrected chi connectivity index (χ3v) is 3.43. The van der Waals surface area contributed by atoms with Crippen LogP contribution in [0.15, 0.2) is 30.3 Å². The topological polar surface area (TPSA) is 58.6 Å². The summed E-state index contributed by atoms with van der Waals surface area (Å²) in [6, 6.07) is 9.12. The van der Waals surface area contributed by atoms with Gasteiger partial charge in [-0.15, -0.1) is 0 Å². The number of nitrogens with one attached hydrogen (secondary N) is 1. The summed E-state index contributed by atoms with van der Waals surface area (Å²) < 4.78 is 5.48. The molecule has 1 aliphatic rings. The molecule has 0 saturated carbocycles. The predicted molar refractivity (Wildman–Crippen MR) is 75.0 cm³/mol. The van der Waals surface area contributed by atoms with Crippen LogP contribution in [0.25, 0.3) is 0 Å². The summed E-state index contributed by atoms with van der Waals surface area (Å²) in [6.07, 6.45) is 0.204. The van der Waals surface area contributed by atoms with Crippen molar-refractivity contribution in [2.75, 3.05) is 20.2 Å². The minimum absolute atomic E-state index is 0.0515. The SMILES string of the molecule is CCCNC(=O)[C@@H]1OCC(=O)N(C)[C@H]1c1ccccc1. The number of morpholine rings is 1. The molecule has 1 aromatic carbocycles. The van der Waals surface area contributed by atoms with E-state index in [0.717, 1.165) is 12.0 Å². The molecular formula is C15H20N2O3. The Bertz CT molecular complexity index is 475. The van der Waals surface area contributed by atoms with Crippen molar-refractivity contribution in [1.82, 2.24) is 10.2 Å². The van der Waals surface area contributed by atoms with Crippen LogP contribution in [-0.2, 0) is 14.3 Å². The van der Waals surface area contributed by atoms with Gasteiger partial charge in [-0.2, -0.15) is 0 Å². The van der Waals surface area contributed by atoms with E-state index in [2.05, 4.69) is 5.32 Å². The van der Waals surface area contributed by atoms with E-state index in [1.807, 2.05) is 37.3 Å². The first-order chi connectivity index (χ1) is 9.65. The quantitative estimate of drug-likeness (QED) is 0.896. The zero-order valence-electron chi connectivity index (χ0n) is 11.8. The average molecular weight is 276 g/mol. The van der Waals surface area contributed by atoms with Crippen molar-refractivity contribution in [3.63, 3.8) is 0 Å². The van der Waals surface area contributed by atoms with Crippen molar-refractivity contribution < 1.29 is 14.3 Å².